The van der Waals surface area contributed by atoms with Crippen molar-refractivity contribution in [1.82, 2.24) is 9.97 Å². The molecule has 0 amide bonds. The van der Waals surface area contributed by atoms with Crippen molar-refractivity contribution < 1.29 is 4.74 Å². The summed E-state index contributed by atoms with van der Waals surface area (Å²) in [5.74, 6) is 2.25. The van der Waals surface area contributed by atoms with Crippen LogP contribution in [0.1, 0.15) is 13.3 Å². The van der Waals surface area contributed by atoms with Crippen LogP contribution in [0.4, 0.5) is 5.82 Å². The maximum Gasteiger partial charge on any atom is 0.146 e. The Bertz CT molecular complexity index is 519. The van der Waals surface area contributed by atoms with Gasteiger partial charge in [-0.15, -0.1) is 0 Å². The predicted octanol–water partition coefficient (Wildman–Crippen LogP) is 3.85. The van der Waals surface area contributed by atoms with Gasteiger partial charge in [0.1, 0.15) is 17.3 Å². The average molecular weight is 308 g/mol. The molecule has 0 fully saturated rings. The van der Waals surface area contributed by atoms with Crippen LogP contribution >= 0.6 is 15.9 Å². The first-order valence-corrected chi connectivity index (χ1v) is 6.55. The Labute approximate surface area is 115 Å². The number of pyridine rings is 2. The van der Waals surface area contributed by atoms with E-state index in [9.17, 15) is 0 Å². The molecule has 0 bridgehead atoms. The Morgan fingerprint density at radius 1 is 1.28 bits per heavy atom. The Morgan fingerprint density at radius 2 is 2.17 bits per heavy atom. The van der Waals surface area contributed by atoms with Gasteiger partial charge in [-0.05, 0) is 34.5 Å². The van der Waals surface area contributed by atoms with Crippen molar-refractivity contribution in [3.05, 3.63) is 41.3 Å². The van der Waals surface area contributed by atoms with Crippen molar-refractivity contribution >= 4 is 21.7 Å². The summed E-state index contributed by atoms with van der Waals surface area (Å²) in [5, 5.41) is 3.22. The molecule has 0 saturated carbocycles. The number of anilines is 1. The first-order valence-electron chi connectivity index (χ1n) is 5.76. The minimum Gasteiger partial charge on any atom is -0.456 e. The summed E-state index contributed by atoms with van der Waals surface area (Å²) >= 11 is 3.36. The predicted molar refractivity (Wildman–Crippen MR) is 75.0 cm³/mol. The van der Waals surface area contributed by atoms with E-state index in [2.05, 4.69) is 38.1 Å². The van der Waals surface area contributed by atoms with E-state index < -0.39 is 0 Å². The highest BCUT2D eigenvalue weighted by Crippen LogP contribution is 2.24. The highest BCUT2D eigenvalue weighted by atomic mass is 79.9. The minimum atomic E-state index is 0.692. The standard InChI is InChI=1S/C13H14BrN3O/c1-2-4-16-13-7-11(3-5-17-13)18-12-6-10(14)8-15-9-12/h3,5-9H,2,4H2,1H3,(H,16,17). The number of aromatic nitrogens is 2. The van der Waals surface area contributed by atoms with Gasteiger partial charge in [0.15, 0.2) is 0 Å². The summed E-state index contributed by atoms with van der Waals surface area (Å²) in [6, 6.07) is 5.56. The summed E-state index contributed by atoms with van der Waals surface area (Å²) in [7, 11) is 0. The molecule has 2 heterocycles. The molecule has 2 aromatic heterocycles. The third-order valence-corrected chi connectivity index (χ3v) is 2.64. The lowest BCUT2D eigenvalue weighted by atomic mass is 10.4. The molecule has 0 aliphatic heterocycles. The molecule has 1 N–H and O–H groups in total. The molecule has 5 heteroatoms. The normalized spacial score (nSPS) is 10.1. The molecular formula is C13H14BrN3O. The second kappa shape index (κ2) is 6.35. The summed E-state index contributed by atoms with van der Waals surface area (Å²) in [6.07, 6.45) is 6.17. The maximum absolute atomic E-state index is 5.71. The number of nitrogens with one attached hydrogen (secondary N) is 1. The Morgan fingerprint density at radius 3 is 2.94 bits per heavy atom. The van der Waals surface area contributed by atoms with Gasteiger partial charge < -0.3 is 10.1 Å². The third kappa shape index (κ3) is 3.70. The molecule has 94 valence electrons. The molecule has 0 atom stereocenters. The van der Waals surface area contributed by atoms with Crippen LogP contribution < -0.4 is 10.1 Å². The van der Waals surface area contributed by atoms with Crippen molar-refractivity contribution in [2.75, 3.05) is 11.9 Å². The monoisotopic (exact) mass is 307 g/mol. The van der Waals surface area contributed by atoms with Crippen LogP contribution in [0.2, 0.25) is 0 Å². The Kier molecular flexibility index (Phi) is 4.52. The van der Waals surface area contributed by atoms with Gasteiger partial charge in [-0.2, -0.15) is 0 Å². The van der Waals surface area contributed by atoms with Crippen LogP contribution in [0, 0.1) is 0 Å². The molecule has 2 aromatic rings. The lowest BCUT2D eigenvalue weighted by molar-refractivity contribution is 0.479. The molecule has 0 unspecified atom stereocenters. The zero-order chi connectivity index (χ0) is 12.8. The summed E-state index contributed by atoms with van der Waals surface area (Å²) in [5.41, 5.74) is 0. The first-order chi connectivity index (χ1) is 8.78. The van der Waals surface area contributed by atoms with Crippen LogP contribution in [0.25, 0.3) is 0 Å². The second-order valence-corrected chi connectivity index (χ2v) is 4.66. The number of rotatable bonds is 5. The lowest BCUT2D eigenvalue weighted by Crippen LogP contribution is -2.01. The smallest absolute Gasteiger partial charge is 0.146 e. The zero-order valence-electron chi connectivity index (χ0n) is 10.1. The van der Waals surface area contributed by atoms with E-state index in [0.29, 0.717) is 5.75 Å². The highest BCUT2D eigenvalue weighted by Gasteiger charge is 2.00. The van der Waals surface area contributed by atoms with Crippen molar-refractivity contribution in [3.63, 3.8) is 0 Å². The van der Waals surface area contributed by atoms with Gasteiger partial charge in [-0.1, -0.05) is 6.92 Å². The van der Waals surface area contributed by atoms with E-state index in [4.69, 9.17) is 4.74 Å². The number of ether oxygens (including phenoxy) is 1. The third-order valence-electron chi connectivity index (χ3n) is 2.20. The lowest BCUT2D eigenvalue weighted by Gasteiger charge is -2.08. The number of hydrogen-bond acceptors (Lipinski definition) is 4. The zero-order valence-corrected chi connectivity index (χ0v) is 11.6. The van der Waals surface area contributed by atoms with Crippen molar-refractivity contribution in [2.45, 2.75) is 13.3 Å². The average Bonchev–Trinajstić information content (AvgIpc) is 2.37. The fraction of sp³-hybridized carbons (Fsp3) is 0.231. The van der Waals surface area contributed by atoms with Crippen LogP contribution in [0.5, 0.6) is 11.5 Å². The van der Waals surface area contributed by atoms with Gasteiger partial charge in [-0.25, -0.2) is 4.98 Å². The highest BCUT2D eigenvalue weighted by molar-refractivity contribution is 9.10. The van der Waals surface area contributed by atoms with Gasteiger partial charge in [-0.3, -0.25) is 4.98 Å². The molecule has 0 aliphatic carbocycles. The summed E-state index contributed by atoms with van der Waals surface area (Å²) in [4.78, 5) is 8.27. The van der Waals surface area contributed by atoms with Crippen molar-refractivity contribution in [2.24, 2.45) is 0 Å². The van der Waals surface area contributed by atoms with Crippen molar-refractivity contribution in [3.8, 4) is 11.5 Å². The number of nitrogens with zero attached hydrogens (tertiary/aromatic N) is 2. The first kappa shape index (κ1) is 12.8. The van der Waals surface area contributed by atoms with E-state index in [1.165, 1.54) is 0 Å². The largest absolute Gasteiger partial charge is 0.456 e. The van der Waals surface area contributed by atoms with E-state index >= 15 is 0 Å². The molecule has 18 heavy (non-hydrogen) atoms. The maximum atomic E-state index is 5.71. The van der Waals surface area contributed by atoms with Gasteiger partial charge in [0, 0.05) is 29.5 Å². The van der Waals surface area contributed by atoms with Gasteiger partial charge in [0.25, 0.3) is 0 Å². The molecule has 2 rings (SSSR count). The van der Waals surface area contributed by atoms with Crippen LogP contribution in [0.3, 0.4) is 0 Å². The molecule has 0 saturated heterocycles. The topological polar surface area (TPSA) is 47.0 Å². The summed E-state index contributed by atoms with van der Waals surface area (Å²) in [6.45, 7) is 3.01. The van der Waals surface area contributed by atoms with E-state index in [0.717, 1.165) is 29.0 Å². The van der Waals surface area contributed by atoms with Gasteiger partial charge >= 0.3 is 0 Å². The molecule has 0 aliphatic rings. The Hall–Kier alpha value is -1.62. The SMILES string of the molecule is CCCNc1cc(Oc2cncc(Br)c2)ccn1. The van der Waals surface area contributed by atoms with Crippen LogP contribution in [-0.4, -0.2) is 16.5 Å². The van der Waals surface area contributed by atoms with Crippen LogP contribution in [0.15, 0.2) is 41.3 Å². The van der Waals surface area contributed by atoms with Gasteiger partial charge in [0.05, 0.1) is 6.20 Å². The molecule has 0 radical (unpaired) electrons. The Balaban J connectivity index is 2.09. The number of hydrogen-bond donors (Lipinski definition) is 1. The minimum absolute atomic E-state index is 0.692. The fourth-order valence-electron chi connectivity index (χ4n) is 1.41. The molecule has 4 nitrogen and oxygen atoms in total. The van der Waals surface area contributed by atoms with E-state index in [1.54, 1.807) is 18.6 Å². The van der Waals surface area contributed by atoms with Crippen LogP contribution in [-0.2, 0) is 0 Å². The quantitative estimate of drug-likeness (QED) is 0.911. The fourth-order valence-corrected chi connectivity index (χ4v) is 1.75. The van der Waals surface area contributed by atoms with E-state index in [1.807, 2.05) is 18.2 Å². The summed E-state index contributed by atoms with van der Waals surface area (Å²) < 4.78 is 6.59. The van der Waals surface area contributed by atoms with E-state index in [-0.39, 0.29) is 0 Å². The molecular weight excluding hydrogens is 294 g/mol. The van der Waals surface area contributed by atoms with Crippen molar-refractivity contribution in [1.29, 1.82) is 0 Å². The molecule has 0 aromatic carbocycles. The molecule has 0 spiro atoms. The second-order valence-electron chi connectivity index (χ2n) is 3.74. The van der Waals surface area contributed by atoms with Gasteiger partial charge in [0.2, 0.25) is 0 Å². The number of halogens is 1.